The minimum absolute atomic E-state index is 0.176. The molecule has 2 rings (SSSR count). The minimum atomic E-state index is 0.176. The Kier molecular flexibility index (Phi) is 6.13. The topological polar surface area (TPSA) is 0 Å². The molecule has 0 radical (unpaired) electrons. The van der Waals surface area contributed by atoms with Crippen LogP contribution in [-0.4, -0.2) is 10.7 Å². The molecule has 0 unspecified atom stereocenters. The second-order valence-electron chi connectivity index (χ2n) is 5.23. The van der Waals surface area contributed by atoms with Gasteiger partial charge in [-0.25, -0.2) is 0 Å². The highest BCUT2D eigenvalue weighted by atomic mass is 79.9. The van der Waals surface area contributed by atoms with E-state index in [1.807, 2.05) is 12.1 Å². The smallest absolute Gasteiger partial charge is 0.0406 e. The van der Waals surface area contributed by atoms with Gasteiger partial charge in [0.2, 0.25) is 0 Å². The van der Waals surface area contributed by atoms with Crippen LogP contribution < -0.4 is 0 Å². The highest BCUT2D eigenvalue weighted by molar-refractivity contribution is 9.09. The molecule has 20 heavy (non-hydrogen) atoms. The van der Waals surface area contributed by atoms with Crippen LogP contribution in [0.25, 0.3) is 0 Å². The first-order valence-electron chi connectivity index (χ1n) is 6.58. The van der Waals surface area contributed by atoms with E-state index in [1.165, 1.54) is 11.1 Å². The first kappa shape index (κ1) is 16.1. The monoisotopic (exact) mass is 414 g/mol. The largest absolute Gasteiger partial charge is 0.0921 e. The average molecular weight is 417 g/mol. The Hall–Kier alpha value is -0.310. The van der Waals surface area contributed by atoms with E-state index >= 15 is 0 Å². The summed E-state index contributed by atoms with van der Waals surface area (Å²) < 4.78 is 0. The van der Waals surface area contributed by atoms with E-state index < -0.39 is 0 Å². The molecule has 0 aliphatic carbocycles. The molecule has 2 aromatic rings. The van der Waals surface area contributed by atoms with Crippen LogP contribution in [0.15, 0.2) is 54.6 Å². The molecule has 106 valence electrons. The molecule has 0 aliphatic heterocycles. The molecule has 0 nitrogen and oxygen atoms in total. The molecule has 0 heterocycles. The van der Waals surface area contributed by atoms with E-state index in [0.29, 0.717) is 0 Å². The Morgan fingerprint density at radius 3 is 1.75 bits per heavy atom. The van der Waals surface area contributed by atoms with Crippen molar-refractivity contribution in [3.05, 3.63) is 70.7 Å². The summed E-state index contributed by atoms with van der Waals surface area (Å²) in [4.78, 5) is 0. The van der Waals surface area contributed by atoms with Crippen molar-refractivity contribution in [2.45, 2.75) is 12.8 Å². The number of benzene rings is 2. The molecule has 0 saturated carbocycles. The summed E-state index contributed by atoms with van der Waals surface area (Å²) in [5.41, 5.74) is 2.87. The summed E-state index contributed by atoms with van der Waals surface area (Å²) in [6, 6.07) is 18.8. The third-order valence-corrected chi connectivity index (χ3v) is 6.11. The zero-order chi connectivity index (χ0) is 14.4. The van der Waals surface area contributed by atoms with Crippen molar-refractivity contribution in [3.63, 3.8) is 0 Å². The van der Waals surface area contributed by atoms with Crippen LogP contribution in [0.1, 0.15) is 11.1 Å². The lowest BCUT2D eigenvalue weighted by Crippen LogP contribution is -2.30. The van der Waals surface area contributed by atoms with Gasteiger partial charge in [-0.15, -0.1) is 0 Å². The van der Waals surface area contributed by atoms with E-state index in [2.05, 4.69) is 74.3 Å². The Labute approximate surface area is 142 Å². The predicted octanol–water partition coefficient (Wildman–Crippen LogP) is 5.90. The highest BCUT2D eigenvalue weighted by Gasteiger charge is 2.28. The molecule has 0 aliphatic rings. The zero-order valence-electron chi connectivity index (χ0n) is 11.2. The van der Waals surface area contributed by atoms with Gasteiger partial charge >= 0.3 is 0 Å². The molecule has 0 saturated heterocycles. The Balaban J connectivity index is 2.18. The molecule has 2 aromatic carbocycles. The third kappa shape index (κ3) is 4.34. The molecule has 0 aromatic heterocycles. The molecule has 3 heteroatoms. The van der Waals surface area contributed by atoms with Crippen molar-refractivity contribution < 1.29 is 0 Å². The summed E-state index contributed by atoms with van der Waals surface area (Å²) in [6.45, 7) is 0. The molecule has 0 spiro atoms. The van der Waals surface area contributed by atoms with Gasteiger partial charge in [0, 0.05) is 15.7 Å². The van der Waals surface area contributed by atoms with Crippen molar-refractivity contribution in [2.75, 3.05) is 10.7 Å². The normalized spacial score (nSPS) is 11.6. The number of hydrogen-bond acceptors (Lipinski definition) is 0. The maximum atomic E-state index is 5.96. The molecule has 0 atom stereocenters. The van der Waals surface area contributed by atoms with Crippen LogP contribution in [0.4, 0.5) is 0 Å². The number of halogens is 3. The molecule has 0 fully saturated rings. The number of hydrogen-bond donors (Lipinski definition) is 0. The van der Waals surface area contributed by atoms with Crippen molar-refractivity contribution in [1.82, 2.24) is 0 Å². The van der Waals surface area contributed by atoms with Gasteiger partial charge in [0.25, 0.3) is 0 Å². The maximum absolute atomic E-state index is 5.96. The highest BCUT2D eigenvalue weighted by Crippen LogP contribution is 2.32. The third-order valence-electron chi connectivity index (χ3n) is 3.48. The minimum Gasteiger partial charge on any atom is -0.0921 e. The van der Waals surface area contributed by atoms with Gasteiger partial charge in [0.05, 0.1) is 0 Å². The van der Waals surface area contributed by atoms with E-state index in [-0.39, 0.29) is 5.41 Å². The van der Waals surface area contributed by atoms with E-state index in [4.69, 9.17) is 11.6 Å². The maximum Gasteiger partial charge on any atom is 0.0406 e. The Morgan fingerprint density at radius 1 is 0.750 bits per heavy atom. The fourth-order valence-corrected chi connectivity index (χ4v) is 4.20. The number of alkyl halides is 2. The summed E-state index contributed by atoms with van der Waals surface area (Å²) in [5.74, 6) is 0. The standard InChI is InChI=1S/C17H17Br2Cl/c18-12-17(13-19,10-14-4-2-1-3-5-14)11-15-6-8-16(20)9-7-15/h1-9H,10-13H2. The average Bonchev–Trinajstić information content (AvgIpc) is 2.50. The molecular weight excluding hydrogens is 399 g/mol. The van der Waals surface area contributed by atoms with Crippen molar-refractivity contribution >= 4 is 43.5 Å². The van der Waals surface area contributed by atoms with Crippen molar-refractivity contribution in [2.24, 2.45) is 5.41 Å². The Bertz CT molecular complexity index is 518. The van der Waals surface area contributed by atoms with E-state index in [9.17, 15) is 0 Å². The summed E-state index contributed by atoms with van der Waals surface area (Å²) in [5, 5.41) is 2.71. The molecule has 0 bridgehead atoms. The second-order valence-corrected chi connectivity index (χ2v) is 6.79. The Morgan fingerprint density at radius 2 is 1.25 bits per heavy atom. The van der Waals surface area contributed by atoms with Gasteiger partial charge in [-0.2, -0.15) is 0 Å². The van der Waals surface area contributed by atoms with Crippen LogP contribution >= 0.6 is 43.5 Å². The first-order valence-corrected chi connectivity index (χ1v) is 9.20. The van der Waals surface area contributed by atoms with Crippen LogP contribution in [-0.2, 0) is 12.8 Å². The van der Waals surface area contributed by atoms with Gasteiger partial charge in [-0.1, -0.05) is 85.9 Å². The molecular formula is C17H17Br2Cl. The molecule has 0 amide bonds. The van der Waals surface area contributed by atoms with E-state index in [1.54, 1.807) is 0 Å². The second kappa shape index (κ2) is 7.63. The number of rotatable bonds is 6. The van der Waals surface area contributed by atoms with Crippen molar-refractivity contribution in [3.8, 4) is 0 Å². The fourth-order valence-electron chi connectivity index (χ4n) is 2.35. The van der Waals surface area contributed by atoms with Crippen LogP contribution in [0.3, 0.4) is 0 Å². The van der Waals surface area contributed by atoms with Gasteiger partial charge < -0.3 is 0 Å². The zero-order valence-corrected chi connectivity index (χ0v) is 15.1. The van der Waals surface area contributed by atoms with Crippen LogP contribution in [0.5, 0.6) is 0 Å². The van der Waals surface area contributed by atoms with Gasteiger partial charge in [0.15, 0.2) is 0 Å². The van der Waals surface area contributed by atoms with Gasteiger partial charge in [0.1, 0.15) is 0 Å². The fraction of sp³-hybridized carbons (Fsp3) is 0.294. The quantitative estimate of drug-likeness (QED) is 0.514. The first-order chi connectivity index (χ1) is 9.67. The lowest BCUT2D eigenvalue weighted by atomic mass is 9.80. The lowest BCUT2D eigenvalue weighted by Gasteiger charge is -2.30. The lowest BCUT2D eigenvalue weighted by molar-refractivity contribution is 0.386. The van der Waals surface area contributed by atoms with Crippen molar-refractivity contribution in [1.29, 1.82) is 0 Å². The van der Waals surface area contributed by atoms with Crippen LogP contribution in [0.2, 0.25) is 5.02 Å². The summed E-state index contributed by atoms with van der Waals surface area (Å²) in [6.07, 6.45) is 2.07. The van der Waals surface area contributed by atoms with Gasteiger partial charge in [-0.05, 0) is 41.5 Å². The van der Waals surface area contributed by atoms with Crippen LogP contribution in [0, 0.1) is 5.41 Å². The van der Waals surface area contributed by atoms with Gasteiger partial charge in [-0.3, -0.25) is 0 Å². The summed E-state index contributed by atoms with van der Waals surface area (Å²) in [7, 11) is 0. The predicted molar refractivity (Wildman–Crippen MR) is 95.3 cm³/mol. The van der Waals surface area contributed by atoms with E-state index in [0.717, 1.165) is 28.5 Å². The SMILES string of the molecule is Clc1ccc(CC(CBr)(CBr)Cc2ccccc2)cc1. The molecule has 0 N–H and O–H groups in total. The summed E-state index contributed by atoms with van der Waals surface area (Å²) >= 11 is 13.4.